The lowest BCUT2D eigenvalue weighted by molar-refractivity contribution is -0.134. The summed E-state index contributed by atoms with van der Waals surface area (Å²) in [6.07, 6.45) is 1.62. The van der Waals surface area contributed by atoms with Crippen molar-refractivity contribution < 1.29 is 14.3 Å². The predicted octanol–water partition coefficient (Wildman–Crippen LogP) is 0.265. The first-order chi connectivity index (χ1) is 9.80. The second-order valence-corrected chi connectivity index (χ2v) is 6.46. The summed E-state index contributed by atoms with van der Waals surface area (Å²) in [4.78, 5) is 23.9. The smallest absolute Gasteiger partial charge is 0.239 e. The molecule has 2 amide bonds. The zero-order chi connectivity index (χ0) is 16.0. The van der Waals surface area contributed by atoms with Crippen molar-refractivity contribution in [3.8, 4) is 0 Å². The summed E-state index contributed by atoms with van der Waals surface area (Å²) in [5, 5.41) is 5.42. The van der Waals surface area contributed by atoms with Crippen LogP contribution >= 0.6 is 0 Å². The zero-order valence-electron chi connectivity index (χ0n) is 13.6. The van der Waals surface area contributed by atoms with Gasteiger partial charge in [0.1, 0.15) is 0 Å². The molecule has 1 rings (SSSR count). The fourth-order valence-electron chi connectivity index (χ4n) is 2.96. The minimum Gasteiger partial charge on any atom is -0.383 e. The van der Waals surface area contributed by atoms with Crippen LogP contribution in [0.25, 0.3) is 0 Å². The third kappa shape index (κ3) is 4.68. The fourth-order valence-corrected chi connectivity index (χ4v) is 2.96. The highest BCUT2D eigenvalue weighted by Crippen LogP contribution is 2.44. The molecule has 0 aromatic carbocycles. The first-order valence-corrected chi connectivity index (χ1v) is 7.59. The van der Waals surface area contributed by atoms with Crippen LogP contribution in [0.5, 0.6) is 0 Å². The zero-order valence-corrected chi connectivity index (χ0v) is 13.6. The molecule has 3 atom stereocenters. The maximum Gasteiger partial charge on any atom is 0.239 e. The summed E-state index contributed by atoms with van der Waals surface area (Å²) in [6.45, 7) is 7.19. The summed E-state index contributed by atoms with van der Waals surface area (Å²) in [5.41, 5.74) is 5.94. The lowest BCUT2D eigenvalue weighted by atomic mass is 9.61. The van der Waals surface area contributed by atoms with Crippen molar-refractivity contribution in [2.45, 2.75) is 39.7 Å². The van der Waals surface area contributed by atoms with Gasteiger partial charge in [0.2, 0.25) is 11.8 Å². The van der Waals surface area contributed by atoms with Gasteiger partial charge in [0.15, 0.2) is 0 Å². The monoisotopic (exact) mass is 299 g/mol. The van der Waals surface area contributed by atoms with Gasteiger partial charge in [-0.2, -0.15) is 0 Å². The van der Waals surface area contributed by atoms with Crippen molar-refractivity contribution in [2.24, 2.45) is 23.0 Å². The predicted molar refractivity (Wildman–Crippen MR) is 81.5 cm³/mol. The van der Waals surface area contributed by atoms with E-state index in [1.165, 1.54) is 0 Å². The minimum absolute atomic E-state index is 0.00949. The second kappa shape index (κ2) is 7.75. The van der Waals surface area contributed by atoms with E-state index in [9.17, 15) is 9.59 Å². The molecular weight excluding hydrogens is 270 g/mol. The van der Waals surface area contributed by atoms with Crippen LogP contribution in [0.2, 0.25) is 0 Å². The maximum absolute atomic E-state index is 12.3. The van der Waals surface area contributed by atoms with Gasteiger partial charge in [-0.15, -0.1) is 0 Å². The second-order valence-electron chi connectivity index (χ2n) is 6.46. The number of nitrogens with two attached hydrogens (primary N) is 1. The lowest BCUT2D eigenvalue weighted by Gasteiger charge is -2.46. The topological polar surface area (TPSA) is 93.5 Å². The number of nitrogens with one attached hydrogen (secondary N) is 2. The molecule has 3 unspecified atom stereocenters. The van der Waals surface area contributed by atoms with Gasteiger partial charge in [0.25, 0.3) is 0 Å². The van der Waals surface area contributed by atoms with E-state index in [1.807, 2.05) is 0 Å². The number of carbonyl (C=O) groups excluding carboxylic acids is 2. The molecule has 6 nitrogen and oxygen atoms in total. The molecular formula is C15H29N3O3. The normalized spacial score (nSPS) is 28.0. The van der Waals surface area contributed by atoms with E-state index < -0.39 is 0 Å². The Morgan fingerprint density at radius 3 is 2.57 bits per heavy atom. The summed E-state index contributed by atoms with van der Waals surface area (Å²) >= 11 is 0. The number of amides is 2. The van der Waals surface area contributed by atoms with Gasteiger partial charge in [-0.25, -0.2) is 0 Å². The van der Waals surface area contributed by atoms with Crippen molar-refractivity contribution in [3.63, 3.8) is 0 Å². The molecule has 122 valence electrons. The van der Waals surface area contributed by atoms with E-state index in [-0.39, 0.29) is 41.7 Å². The minimum atomic E-state index is -0.196. The van der Waals surface area contributed by atoms with Crippen LogP contribution in [0.15, 0.2) is 0 Å². The highest BCUT2D eigenvalue weighted by Gasteiger charge is 2.44. The fraction of sp³-hybridized carbons (Fsp3) is 0.867. The van der Waals surface area contributed by atoms with Gasteiger partial charge in [-0.05, 0) is 24.2 Å². The Kier molecular flexibility index (Phi) is 6.61. The van der Waals surface area contributed by atoms with Crippen molar-refractivity contribution in [1.82, 2.24) is 10.6 Å². The molecule has 4 N–H and O–H groups in total. The summed E-state index contributed by atoms with van der Waals surface area (Å²) in [5.74, 6) is -0.0731. The van der Waals surface area contributed by atoms with Crippen LogP contribution in [0, 0.1) is 17.3 Å². The Bertz CT molecular complexity index is 371. The van der Waals surface area contributed by atoms with Gasteiger partial charge in [0.05, 0.1) is 13.2 Å². The molecule has 1 aliphatic rings. The summed E-state index contributed by atoms with van der Waals surface area (Å²) in [7, 11) is 1.57. The van der Waals surface area contributed by atoms with Crippen LogP contribution in [0.3, 0.4) is 0 Å². The third-order valence-electron chi connectivity index (χ3n) is 4.87. The third-order valence-corrected chi connectivity index (χ3v) is 4.87. The average molecular weight is 299 g/mol. The molecule has 0 saturated heterocycles. The Balaban J connectivity index is 2.46. The molecule has 6 heteroatoms. The molecule has 21 heavy (non-hydrogen) atoms. The van der Waals surface area contributed by atoms with Crippen molar-refractivity contribution in [2.75, 3.05) is 26.8 Å². The Morgan fingerprint density at radius 1 is 1.29 bits per heavy atom. The molecule has 1 aliphatic carbocycles. The van der Waals surface area contributed by atoms with Crippen LogP contribution in [-0.2, 0) is 14.3 Å². The Labute approximate surface area is 127 Å². The quantitative estimate of drug-likeness (QED) is 0.614. The van der Waals surface area contributed by atoms with E-state index in [2.05, 4.69) is 31.4 Å². The first-order valence-electron chi connectivity index (χ1n) is 7.59. The number of ether oxygens (including phenoxy) is 1. The van der Waals surface area contributed by atoms with Crippen LogP contribution in [-0.4, -0.2) is 44.7 Å². The highest BCUT2D eigenvalue weighted by atomic mass is 16.5. The molecule has 0 aliphatic heterocycles. The van der Waals surface area contributed by atoms with Crippen molar-refractivity contribution in [3.05, 3.63) is 0 Å². The Hall–Kier alpha value is -1.14. The molecule has 0 radical (unpaired) electrons. The van der Waals surface area contributed by atoms with Crippen molar-refractivity contribution >= 4 is 11.8 Å². The number of rotatable bonds is 6. The maximum atomic E-state index is 12.3. The van der Waals surface area contributed by atoms with E-state index >= 15 is 0 Å². The van der Waals surface area contributed by atoms with Crippen LogP contribution < -0.4 is 16.4 Å². The summed E-state index contributed by atoms with van der Waals surface area (Å²) < 4.78 is 4.85. The van der Waals surface area contributed by atoms with Gasteiger partial charge in [-0.3, -0.25) is 9.59 Å². The molecule has 0 aromatic heterocycles. The van der Waals surface area contributed by atoms with E-state index in [0.717, 1.165) is 12.8 Å². The van der Waals surface area contributed by atoms with Gasteiger partial charge >= 0.3 is 0 Å². The molecule has 0 heterocycles. The number of carbonyl (C=O) groups is 2. The highest BCUT2D eigenvalue weighted by molar-refractivity contribution is 5.86. The van der Waals surface area contributed by atoms with Crippen LogP contribution in [0.1, 0.15) is 33.6 Å². The molecule has 0 bridgehead atoms. The number of methoxy groups -OCH3 is 1. The van der Waals surface area contributed by atoms with Gasteiger partial charge in [0, 0.05) is 25.6 Å². The van der Waals surface area contributed by atoms with E-state index in [0.29, 0.717) is 13.2 Å². The standard InChI is InChI=1S/C15H29N3O3/c1-10-12(16)6-5-11(15(10,2)3)14(20)18-9-13(19)17-7-8-21-4/h10-12H,5-9,16H2,1-4H3,(H,17,19)(H,18,20). The summed E-state index contributed by atoms with van der Waals surface area (Å²) in [6, 6.07) is 0.140. The molecule has 1 fully saturated rings. The van der Waals surface area contributed by atoms with E-state index in [4.69, 9.17) is 10.5 Å². The van der Waals surface area contributed by atoms with Crippen LogP contribution in [0.4, 0.5) is 0 Å². The number of hydrogen-bond donors (Lipinski definition) is 3. The Morgan fingerprint density at radius 2 is 1.95 bits per heavy atom. The number of hydrogen-bond acceptors (Lipinski definition) is 4. The van der Waals surface area contributed by atoms with Crippen molar-refractivity contribution in [1.29, 1.82) is 0 Å². The lowest BCUT2D eigenvalue weighted by Crippen LogP contribution is -2.52. The molecule has 0 spiro atoms. The largest absolute Gasteiger partial charge is 0.383 e. The van der Waals surface area contributed by atoms with E-state index in [1.54, 1.807) is 7.11 Å². The SMILES string of the molecule is COCCNC(=O)CNC(=O)C1CCC(N)C(C)C1(C)C. The van der Waals surface area contributed by atoms with Gasteiger partial charge < -0.3 is 21.1 Å². The first kappa shape index (κ1) is 17.9. The van der Waals surface area contributed by atoms with Gasteiger partial charge in [-0.1, -0.05) is 20.8 Å². The average Bonchev–Trinajstić information content (AvgIpc) is 2.42. The molecule has 1 saturated carbocycles. The molecule has 0 aromatic rings.